The fourth-order valence-electron chi connectivity index (χ4n) is 3.40. The predicted molar refractivity (Wildman–Crippen MR) is 120 cm³/mol. The average Bonchev–Trinajstić information content (AvgIpc) is 3.38. The summed E-state index contributed by atoms with van der Waals surface area (Å²) in [6.07, 6.45) is 5.95. The number of unbranched alkanes of at least 4 members (excludes halogenated alkanes) is 2. The molecule has 0 aliphatic heterocycles. The predicted octanol–water partition coefficient (Wildman–Crippen LogP) is 5.12. The molecule has 0 fully saturated rings. The molecule has 0 saturated carbocycles. The van der Waals surface area contributed by atoms with E-state index in [0.29, 0.717) is 25.5 Å². The highest BCUT2D eigenvalue weighted by atomic mass is 16.5. The van der Waals surface area contributed by atoms with E-state index in [1.165, 1.54) is 0 Å². The summed E-state index contributed by atoms with van der Waals surface area (Å²) in [6, 6.07) is 10.9. The van der Waals surface area contributed by atoms with Gasteiger partial charge in [0.05, 0.1) is 26.3 Å². The molecule has 0 aliphatic rings. The van der Waals surface area contributed by atoms with Crippen molar-refractivity contribution < 1.29 is 20.4 Å². The van der Waals surface area contributed by atoms with Crippen molar-refractivity contribution in [2.45, 2.75) is 52.1 Å². The Kier molecular flexibility index (Phi) is 7.26. The Morgan fingerprint density at radius 1 is 1.26 bits per heavy atom. The second kappa shape index (κ2) is 10.7. The first-order valence-corrected chi connectivity index (χ1v) is 10.5. The number of anilines is 1. The highest BCUT2D eigenvalue weighted by molar-refractivity contribution is 5.66. The summed E-state index contributed by atoms with van der Waals surface area (Å²) < 4.78 is 21.8. The lowest BCUT2D eigenvalue weighted by Crippen LogP contribution is -2.30. The molecule has 3 rings (SSSR count). The molecule has 0 unspecified atom stereocenters. The average molecular weight is 427 g/mol. The molecule has 0 spiro atoms. The number of carboxylic acid groups (broad SMARTS) is 1. The van der Waals surface area contributed by atoms with Gasteiger partial charge in [-0.2, -0.15) is 0 Å². The molecule has 0 radical (unpaired) electrons. The molecule has 2 aromatic heterocycles. The van der Waals surface area contributed by atoms with Gasteiger partial charge >= 0.3 is 5.97 Å². The molecule has 1 N–H and O–H groups in total. The molecule has 31 heavy (non-hydrogen) atoms. The third-order valence-corrected chi connectivity index (χ3v) is 4.99. The first-order chi connectivity index (χ1) is 15.2. The number of carboxylic acids is 1. The van der Waals surface area contributed by atoms with Crippen molar-refractivity contribution >= 4 is 11.7 Å². The Hall–Kier alpha value is -3.22. The largest absolute Gasteiger partial charge is 0.481 e. The Bertz CT molecular complexity index is 991. The molecule has 166 valence electrons. The zero-order valence-electron chi connectivity index (χ0n) is 19.4. The smallest absolute Gasteiger partial charge is 0.303 e. The minimum atomic E-state index is -0.865. The molecule has 0 amide bonds. The number of carbonyl (C=O) groups is 1. The van der Waals surface area contributed by atoms with Crippen LogP contribution in [0.5, 0.6) is 5.88 Å². The van der Waals surface area contributed by atoms with Crippen molar-refractivity contribution in [2.75, 3.05) is 11.5 Å². The number of ether oxygens (including phenoxy) is 1. The van der Waals surface area contributed by atoms with Crippen LogP contribution in [0.4, 0.5) is 5.69 Å². The number of rotatable bonds is 12. The van der Waals surface area contributed by atoms with Crippen LogP contribution in [0.2, 0.25) is 0 Å². The minimum absolute atomic E-state index is 0.182. The van der Waals surface area contributed by atoms with Crippen LogP contribution in [0.15, 0.2) is 53.3 Å². The van der Waals surface area contributed by atoms with Crippen LogP contribution in [0.25, 0.3) is 11.3 Å². The first kappa shape index (κ1) is 21.0. The van der Waals surface area contributed by atoms with E-state index < -0.39 is 12.0 Å². The van der Waals surface area contributed by atoms with Gasteiger partial charge in [0.25, 0.3) is 0 Å². The van der Waals surface area contributed by atoms with Crippen LogP contribution in [0.3, 0.4) is 0 Å². The Balaban J connectivity index is 1.69. The van der Waals surface area contributed by atoms with Crippen LogP contribution in [-0.2, 0) is 18.4 Å². The SMILES string of the molecule is [2H]C(C)(C)N(Cc1cn(C)nc1OCCCCCC(=O)O)c1ccc(-c2ccco2)cc1. The number of furan rings is 1. The van der Waals surface area contributed by atoms with Crippen LogP contribution in [0, 0.1) is 0 Å². The van der Waals surface area contributed by atoms with Gasteiger partial charge in [-0.3, -0.25) is 9.48 Å². The normalized spacial score (nSPS) is 11.9. The van der Waals surface area contributed by atoms with Crippen molar-refractivity contribution in [3.8, 4) is 17.2 Å². The summed E-state index contributed by atoms with van der Waals surface area (Å²) in [5.41, 5.74) is 2.80. The summed E-state index contributed by atoms with van der Waals surface area (Å²) in [5.74, 6) is 0.583. The van der Waals surface area contributed by atoms with Gasteiger partial charge in [0.2, 0.25) is 5.88 Å². The van der Waals surface area contributed by atoms with E-state index in [0.717, 1.165) is 35.4 Å². The van der Waals surface area contributed by atoms with E-state index in [-0.39, 0.29) is 6.42 Å². The fourth-order valence-corrected chi connectivity index (χ4v) is 3.40. The Morgan fingerprint density at radius 2 is 2.03 bits per heavy atom. The van der Waals surface area contributed by atoms with Crippen molar-refractivity contribution in [1.29, 1.82) is 0 Å². The lowest BCUT2D eigenvalue weighted by molar-refractivity contribution is -0.137. The van der Waals surface area contributed by atoms with Crippen molar-refractivity contribution in [3.63, 3.8) is 0 Å². The zero-order valence-corrected chi connectivity index (χ0v) is 18.4. The molecular formula is C24H31N3O4. The lowest BCUT2D eigenvalue weighted by atomic mass is 10.1. The van der Waals surface area contributed by atoms with Gasteiger partial charge in [-0.1, -0.05) is 0 Å². The number of hydrogen-bond acceptors (Lipinski definition) is 5. The molecule has 7 nitrogen and oxygen atoms in total. The maximum Gasteiger partial charge on any atom is 0.303 e. The van der Waals surface area contributed by atoms with Crippen molar-refractivity contribution in [3.05, 3.63) is 54.4 Å². The highest BCUT2D eigenvalue weighted by Crippen LogP contribution is 2.27. The van der Waals surface area contributed by atoms with Crippen molar-refractivity contribution in [1.82, 2.24) is 9.78 Å². The zero-order chi connectivity index (χ0) is 23.1. The van der Waals surface area contributed by atoms with Gasteiger partial charge in [-0.25, -0.2) is 0 Å². The quantitative estimate of drug-likeness (QED) is 0.405. The van der Waals surface area contributed by atoms with Crippen molar-refractivity contribution in [2.24, 2.45) is 7.05 Å². The summed E-state index contributed by atoms with van der Waals surface area (Å²) in [5, 5.41) is 13.2. The van der Waals surface area contributed by atoms with Gasteiger partial charge in [-0.15, -0.1) is 5.10 Å². The second-order valence-electron chi connectivity index (χ2n) is 7.74. The number of hydrogen-bond donors (Lipinski definition) is 1. The third-order valence-electron chi connectivity index (χ3n) is 4.99. The molecular weight excluding hydrogens is 394 g/mol. The summed E-state index contributed by atoms with van der Waals surface area (Å²) in [7, 11) is 1.84. The number of aryl methyl sites for hydroxylation is 1. The van der Waals surface area contributed by atoms with Gasteiger partial charge in [0, 0.05) is 36.9 Å². The molecule has 0 atom stereocenters. The molecule has 1 aromatic carbocycles. The molecule has 2 heterocycles. The third kappa shape index (κ3) is 6.38. The van der Waals surface area contributed by atoms with Crippen LogP contribution in [-0.4, -0.2) is 33.5 Å². The maximum absolute atomic E-state index is 10.6. The first-order valence-electron chi connectivity index (χ1n) is 11.0. The number of aromatic nitrogens is 2. The van der Waals surface area contributed by atoms with E-state index in [2.05, 4.69) is 5.10 Å². The fraction of sp³-hybridized carbons (Fsp3) is 0.417. The lowest BCUT2D eigenvalue weighted by Gasteiger charge is -2.29. The molecule has 0 bridgehead atoms. The van der Waals surface area contributed by atoms with E-state index in [4.69, 9.17) is 15.6 Å². The monoisotopic (exact) mass is 426 g/mol. The molecule has 3 aromatic rings. The topological polar surface area (TPSA) is 80.7 Å². The summed E-state index contributed by atoms with van der Waals surface area (Å²) in [6.45, 7) is 4.66. The van der Waals surface area contributed by atoms with E-state index in [9.17, 15) is 4.79 Å². The standard InChI is InChI=1S/C24H31N3O4/c1-18(2)27(21-12-10-19(11-13-21)22-8-7-15-30-22)17-20-16-26(3)25-24(20)31-14-6-4-5-9-23(28)29/h7-8,10-13,15-16,18H,4-6,9,14,17H2,1-3H3,(H,28,29)/i18D. The number of nitrogens with zero attached hydrogens (tertiary/aromatic N) is 3. The summed E-state index contributed by atoms with van der Waals surface area (Å²) in [4.78, 5) is 12.6. The van der Waals surface area contributed by atoms with Crippen LogP contribution in [0.1, 0.15) is 46.5 Å². The maximum atomic E-state index is 10.6. The molecule has 7 heteroatoms. The minimum Gasteiger partial charge on any atom is -0.481 e. The van der Waals surface area contributed by atoms with Crippen LogP contribution >= 0.6 is 0 Å². The van der Waals surface area contributed by atoms with Gasteiger partial charge in [-0.05, 0) is 69.5 Å². The van der Waals surface area contributed by atoms with E-state index in [1.807, 2.05) is 68.4 Å². The Labute approximate surface area is 184 Å². The highest BCUT2D eigenvalue weighted by Gasteiger charge is 2.17. The van der Waals surface area contributed by atoms with E-state index >= 15 is 0 Å². The van der Waals surface area contributed by atoms with Gasteiger partial charge in [0.1, 0.15) is 5.76 Å². The Morgan fingerprint density at radius 3 is 2.68 bits per heavy atom. The van der Waals surface area contributed by atoms with Gasteiger partial charge < -0.3 is 19.2 Å². The number of benzene rings is 1. The molecule has 0 saturated heterocycles. The molecule has 0 aliphatic carbocycles. The number of aliphatic carboxylic acids is 1. The van der Waals surface area contributed by atoms with E-state index in [1.54, 1.807) is 10.9 Å². The van der Waals surface area contributed by atoms with Crippen LogP contribution < -0.4 is 9.64 Å². The summed E-state index contributed by atoms with van der Waals surface area (Å²) >= 11 is 0. The van der Waals surface area contributed by atoms with Gasteiger partial charge in [0.15, 0.2) is 0 Å². The second-order valence-corrected chi connectivity index (χ2v) is 7.74.